The maximum Gasteiger partial charge on any atom is -0.00533 e. The molecule has 0 spiro atoms. The summed E-state index contributed by atoms with van der Waals surface area (Å²) in [7, 11) is 0. The topological polar surface area (TPSA) is 0 Å². The van der Waals surface area contributed by atoms with Crippen LogP contribution in [0.2, 0.25) is 0 Å². The minimum atomic E-state index is 0.430. The Morgan fingerprint density at radius 1 is 1.38 bits per heavy atom. The van der Waals surface area contributed by atoms with E-state index >= 15 is 0 Å². The molecule has 2 aliphatic carbocycles. The minimum Gasteiger partial charge on any atom is -0.0996 e. The maximum absolute atomic E-state index is 4.09. The van der Waals surface area contributed by atoms with Crippen LogP contribution in [-0.4, -0.2) is 0 Å². The third-order valence-electron chi connectivity index (χ3n) is 3.65. The zero-order chi connectivity index (χ0) is 10.1. The molecule has 0 heteroatoms. The van der Waals surface area contributed by atoms with Crippen LogP contribution in [-0.2, 0) is 0 Å². The molecule has 0 nitrogen and oxygen atoms in total. The van der Waals surface area contributed by atoms with Crippen molar-refractivity contribution in [1.29, 1.82) is 0 Å². The molecule has 1 fully saturated rings. The molecular formula is C13H22. The SMILES string of the molecule is C=C(C)C1(C)CC2C=CC1C2.CC. The Kier molecular flexibility index (Phi) is 3.00. The van der Waals surface area contributed by atoms with E-state index in [4.69, 9.17) is 0 Å². The molecule has 0 amide bonds. The summed E-state index contributed by atoms with van der Waals surface area (Å²) in [4.78, 5) is 0. The first-order chi connectivity index (χ1) is 6.13. The first kappa shape index (κ1) is 10.6. The van der Waals surface area contributed by atoms with Crippen molar-refractivity contribution in [3.63, 3.8) is 0 Å². The van der Waals surface area contributed by atoms with Gasteiger partial charge >= 0.3 is 0 Å². The lowest BCUT2D eigenvalue weighted by Crippen LogP contribution is -2.22. The van der Waals surface area contributed by atoms with E-state index in [-0.39, 0.29) is 0 Å². The molecule has 0 saturated heterocycles. The van der Waals surface area contributed by atoms with Crippen molar-refractivity contribution < 1.29 is 0 Å². The predicted octanol–water partition coefficient (Wildman–Crippen LogP) is 4.19. The van der Waals surface area contributed by atoms with Crippen molar-refractivity contribution in [2.75, 3.05) is 0 Å². The number of hydrogen-bond acceptors (Lipinski definition) is 0. The lowest BCUT2D eigenvalue weighted by Gasteiger charge is -2.31. The largest absolute Gasteiger partial charge is 0.0996 e. The smallest absolute Gasteiger partial charge is 0.00533 e. The van der Waals surface area contributed by atoms with Gasteiger partial charge in [0.1, 0.15) is 0 Å². The van der Waals surface area contributed by atoms with Crippen LogP contribution in [0, 0.1) is 17.3 Å². The molecule has 0 aliphatic heterocycles. The molecule has 3 unspecified atom stereocenters. The molecule has 0 heterocycles. The highest BCUT2D eigenvalue weighted by Gasteiger charge is 2.45. The maximum atomic E-state index is 4.09. The molecule has 13 heavy (non-hydrogen) atoms. The van der Waals surface area contributed by atoms with Crippen molar-refractivity contribution in [3.05, 3.63) is 24.3 Å². The van der Waals surface area contributed by atoms with Crippen LogP contribution in [0.15, 0.2) is 24.3 Å². The van der Waals surface area contributed by atoms with Gasteiger partial charge in [-0.05, 0) is 37.0 Å². The van der Waals surface area contributed by atoms with Gasteiger partial charge in [-0.15, -0.1) is 0 Å². The van der Waals surface area contributed by atoms with Gasteiger partial charge in [-0.2, -0.15) is 0 Å². The zero-order valence-electron chi connectivity index (χ0n) is 9.43. The Labute approximate surface area is 82.7 Å². The third-order valence-corrected chi connectivity index (χ3v) is 3.65. The molecule has 3 atom stereocenters. The number of fused-ring (bicyclic) bond motifs is 2. The van der Waals surface area contributed by atoms with E-state index in [2.05, 4.69) is 32.6 Å². The molecule has 0 aromatic rings. The summed E-state index contributed by atoms with van der Waals surface area (Å²) in [5, 5.41) is 0. The number of allylic oxidation sites excluding steroid dienone is 3. The van der Waals surface area contributed by atoms with Gasteiger partial charge in [0.15, 0.2) is 0 Å². The zero-order valence-corrected chi connectivity index (χ0v) is 9.43. The van der Waals surface area contributed by atoms with Crippen molar-refractivity contribution in [3.8, 4) is 0 Å². The lowest BCUT2D eigenvalue weighted by atomic mass is 9.73. The molecule has 0 aromatic heterocycles. The third kappa shape index (κ3) is 1.59. The van der Waals surface area contributed by atoms with Crippen molar-refractivity contribution in [1.82, 2.24) is 0 Å². The first-order valence-corrected chi connectivity index (χ1v) is 5.47. The van der Waals surface area contributed by atoms with Gasteiger partial charge < -0.3 is 0 Å². The highest BCUT2D eigenvalue weighted by Crippen LogP contribution is 2.54. The van der Waals surface area contributed by atoms with Gasteiger partial charge in [0.25, 0.3) is 0 Å². The van der Waals surface area contributed by atoms with Crippen LogP contribution in [0.1, 0.15) is 40.5 Å². The Bertz CT molecular complexity index is 224. The highest BCUT2D eigenvalue weighted by atomic mass is 14.5. The average Bonchev–Trinajstić information content (AvgIpc) is 2.67. The second-order valence-electron chi connectivity index (χ2n) is 4.39. The van der Waals surface area contributed by atoms with Crippen molar-refractivity contribution in [2.24, 2.45) is 17.3 Å². The molecule has 2 rings (SSSR count). The fourth-order valence-corrected chi connectivity index (χ4v) is 2.59. The minimum absolute atomic E-state index is 0.430. The fourth-order valence-electron chi connectivity index (χ4n) is 2.59. The Hall–Kier alpha value is -0.520. The van der Waals surface area contributed by atoms with E-state index in [0.29, 0.717) is 5.41 Å². The molecular weight excluding hydrogens is 156 g/mol. The average molecular weight is 178 g/mol. The van der Waals surface area contributed by atoms with E-state index < -0.39 is 0 Å². The van der Waals surface area contributed by atoms with Crippen LogP contribution >= 0.6 is 0 Å². The number of rotatable bonds is 1. The summed E-state index contributed by atoms with van der Waals surface area (Å²) in [5.41, 5.74) is 1.80. The van der Waals surface area contributed by atoms with Crippen LogP contribution in [0.4, 0.5) is 0 Å². The first-order valence-electron chi connectivity index (χ1n) is 5.47. The second kappa shape index (κ2) is 3.69. The molecule has 1 saturated carbocycles. The standard InChI is InChI=1S/C11H16.C2H6/c1-8(2)11(3)7-9-4-5-10(11)6-9;1-2/h4-5,9-10H,1,6-7H2,2-3H3;1-2H3. The normalized spacial score (nSPS) is 40.0. The van der Waals surface area contributed by atoms with Gasteiger partial charge in [-0.3, -0.25) is 0 Å². The van der Waals surface area contributed by atoms with E-state index in [9.17, 15) is 0 Å². The summed E-state index contributed by atoms with van der Waals surface area (Å²) in [5.74, 6) is 1.66. The molecule has 0 aromatic carbocycles. The molecule has 0 N–H and O–H groups in total. The predicted molar refractivity (Wildman–Crippen MR) is 59.6 cm³/mol. The molecule has 0 radical (unpaired) electrons. The van der Waals surface area contributed by atoms with Gasteiger partial charge in [0.05, 0.1) is 0 Å². The van der Waals surface area contributed by atoms with Crippen molar-refractivity contribution >= 4 is 0 Å². The van der Waals surface area contributed by atoms with Gasteiger partial charge in [0.2, 0.25) is 0 Å². The van der Waals surface area contributed by atoms with Gasteiger partial charge in [-0.1, -0.05) is 45.1 Å². The summed E-state index contributed by atoms with van der Waals surface area (Å²) in [6, 6.07) is 0. The van der Waals surface area contributed by atoms with Gasteiger partial charge in [0, 0.05) is 0 Å². The van der Waals surface area contributed by atoms with Crippen molar-refractivity contribution in [2.45, 2.75) is 40.5 Å². The molecule has 2 bridgehead atoms. The van der Waals surface area contributed by atoms with Gasteiger partial charge in [-0.25, -0.2) is 0 Å². The lowest BCUT2D eigenvalue weighted by molar-refractivity contribution is 0.329. The summed E-state index contributed by atoms with van der Waals surface area (Å²) >= 11 is 0. The Balaban J connectivity index is 0.000000396. The van der Waals surface area contributed by atoms with Crippen LogP contribution in [0.5, 0.6) is 0 Å². The van der Waals surface area contributed by atoms with Crippen LogP contribution < -0.4 is 0 Å². The summed E-state index contributed by atoms with van der Waals surface area (Å²) < 4.78 is 0. The van der Waals surface area contributed by atoms with E-state index in [1.54, 1.807) is 0 Å². The number of hydrogen-bond donors (Lipinski definition) is 0. The van der Waals surface area contributed by atoms with Crippen LogP contribution in [0.25, 0.3) is 0 Å². The molecule has 74 valence electrons. The summed E-state index contributed by atoms with van der Waals surface area (Å²) in [6.07, 6.45) is 7.49. The fraction of sp³-hybridized carbons (Fsp3) is 0.692. The Morgan fingerprint density at radius 2 is 2.00 bits per heavy atom. The van der Waals surface area contributed by atoms with E-state index in [1.165, 1.54) is 18.4 Å². The van der Waals surface area contributed by atoms with E-state index in [1.807, 2.05) is 13.8 Å². The second-order valence-corrected chi connectivity index (χ2v) is 4.39. The van der Waals surface area contributed by atoms with E-state index in [0.717, 1.165) is 11.8 Å². The Morgan fingerprint density at radius 3 is 2.23 bits per heavy atom. The monoisotopic (exact) mass is 178 g/mol. The summed E-state index contributed by atoms with van der Waals surface area (Å²) in [6.45, 7) is 12.6. The quantitative estimate of drug-likeness (QED) is 0.528. The van der Waals surface area contributed by atoms with Crippen LogP contribution in [0.3, 0.4) is 0 Å². The highest BCUT2D eigenvalue weighted by molar-refractivity contribution is 5.23. The molecule has 2 aliphatic rings.